The number of rotatable bonds is 5. The molecule has 4 aromatic rings. The Balaban J connectivity index is 0.00000240. The maximum atomic E-state index is 6.26. The molecule has 0 aliphatic rings. The Bertz CT molecular complexity index is 1130. The van der Waals surface area contributed by atoms with E-state index >= 15 is 0 Å². The van der Waals surface area contributed by atoms with Crippen molar-refractivity contribution in [2.75, 3.05) is 0 Å². The van der Waals surface area contributed by atoms with Gasteiger partial charge in [-0.3, -0.25) is 0 Å². The fraction of sp³-hybridized carbons (Fsp3) is 0.240. The smallest absolute Gasteiger partial charge is 0.329 e. The van der Waals surface area contributed by atoms with Crippen LogP contribution in [0.25, 0.3) is 5.65 Å². The molecule has 0 aliphatic heterocycles. The molecule has 0 bridgehead atoms. The summed E-state index contributed by atoms with van der Waals surface area (Å²) in [6, 6.07) is 21.1. The van der Waals surface area contributed by atoms with Crippen molar-refractivity contribution >= 4 is 5.65 Å². The third-order valence-corrected chi connectivity index (χ3v) is 5.54. The highest BCUT2D eigenvalue weighted by Gasteiger charge is 2.24. The zero-order valence-electron chi connectivity index (χ0n) is 17.4. The fourth-order valence-corrected chi connectivity index (χ4v) is 3.78. The van der Waals surface area contributed by atoms with Gasteiger partial charge in [0.1, 0.15) is 24.5 Å². The minimum atomic E-state index is 0. The molecular weight excluding hydrogens is 380 g/mol. The van der Waals surface area contributed by atoms with Gasteiger partial charge in [0.15, 0.2) is 0 Å². The summed E-state index contributed by atoms with van der Waals surface area (Å²) in [5, 5.41) is 0. The molecule has 0 amide bonds. The molecule has 0 aliphatic carbocycles. The molecule has 0 N–H and O–H groups in total. The van der Waals surface area contributed by atoms with Crippen molar-refractivity contribution in [2.45, 2.75) is 40.8 Å². The SMILES string of the molecule is Cc1ccc(Cn2c(C)c(C)[n+]3cccc(OCc4ccccc4)c23)c(C)c1.[Cl-]. The molecule has 4 heteroatoms. The predicted octanol–water partition coefficient (Wildman–Crippen LogP) is 2.09. The maximum absolute atomic E-state index is 6.26. The van der Waals surface area contributed by atoms with Crippen LogP contribution in [0.5, 0.6) is 5.75 Å². The van der Waals surface area contributed by atoms with E-state index in [1.54, 1.807) is 0 Å². The Hall–Kier alpha value is -2.78. The van der Waals surface area contributed by atoms with Crippen LogP contribution in [-0.4, -0.2) is 4.57 Å². The standard InChI is InChI=1S/C25H27N2O.ClH/c1-18-12-13-23(19(2)15-18)16-27-21(4)20(3)26-14-8-11-24(25(26)27)28-17-22-9-6-5-7-10-22;/h5-15H,16-17H2,1-4H3;1H/q+1;/p-1. The molecule has 0 spiro atoms. The van der Waals surface area contributed by atoms with Crippen LogP contribution in [0.15, 0.2) is 66.9 Å². The summed E-state index contributed by atoms with van der Waals surface area (Å²) >= 11 is 0. The van der Waals surface area contributed by atoms with Crippen LogP contribution in [-0.2, 0) is 13.2 Å². The molecule has 2 aromatic heterocycles. The molecule has 0 saturated heterocycles. The Kier molecular flexibility index (Phi) is 6.29. The maximum Gasteiger partial charge on any atom is 0.329 e. The molecule has 3 nitrogen and oxygen atoms in total. The Morgan fingerprint density at radius 2 is 1.66 bits per heavy atom. The average molecular weight is 407 g/mol. The number of fused-ring (bicyclic) bond motifs is 1. The lowest BCUT2D eigenvalue weighted by Crippen LogP contribution is -3.00. The predicted molar refractivity (Wildman–Crippen MR) is 113 cm³/mol. The van der Waals surface area contributed by atoms with Crippen LogP contribution in [0.2, 0.25) is 0 Å². The van der Waals surface area contributed by atoms with Gasteiger partial charge in [0, 0.05) is 13.8 Å². The second-order valence-electron chi connectivity index (χ2n) is 7.53. The van der Waals surface area contributed by atoms with E-state index in [9.17, 15) is 0 Å². The van der Waals surface area contributed by atoms with Gasteiger partial charge >= 0.3 is 5.65 Å². The van der Waals surface area contributed by atoms with Gasteiger partial charge in [0.2, 0.25) is 5.75 Å². The topological polar surface area (TPSA) is 18.3 Å². The summed E-state index contributed by atoms with van der Waals surface area (Å²) < 4.78 is 10.9. The van der Waals surface area contributed by atoms with Crippen molar-refractivity contribution in [2.24, 2.45) is 0 Å². The summed E-state index contributed by atoms with van der Waals surface area (Å²) in [7, 11) is 0. The zero-order valence-corrected chi connectivity index (χ0v) is 18.2. The second-order valence-corrected chi connectivity index (χ2v) is 7.53. The molecule has 4 rings (SSSR count). The lowest BCUT2D eigenvalue weighted by atomic mass is 10.1. The van der Waals surface area contributed by atoms with Gasteiger partial charge in [-0.15, -0.1) is 0 Å². The zero-order chi connectivity index (χ0) is 19.7. The summed E-state index contributed by atoms with van der Waals surface area (Å²) in [6.45, 7) is 10.1. The Morgan fingerprint density at radius 1 is 0.897 bits per heavy atom. The van der Waals surface area contributed by atoms with Crippen molar-refractivity contribution in [1.82, 2.24) is 4.57 Å². The first kappa shape index (κ1) is 20.9. The van der Waals surface area contributed by atoms with E-state index in [2.05, 4.69) is 85.3 Å². The largest absolute Gasteiger partial charge is 1.00 e. The van der Waals surface area contributed by atoms with Crippen LogP contribution in [0.3, 0.4) is 0 Å². The van der Waals surface area contributed by atoms with Crippen molar-refractivity contribution in [3.63, 3.8) is 0 Å². The van der Waals surface area contributed by atoms with Crippen molar-refractivity contribution in [1.29, 1.82) is 0 Å². The first-order valence-electron chi connectivity index (χ1n) is 9.77. The van der Waals surface area contributed by atoms with Gasteiger partial charge in [0.05, 0.1) is 6.20 Å². The Morgan fingerprint density at radius 3 is 2.38 bits per heavy atom. The number of aromatic nitrogens is 2. The summed E-state index contributed by atoms with van der Waals surface area (Å²) in [5.74, 6) is 0.910. The number of nitrogens with zero attached hydrogens (tertiary/aromatic N) is 2. The van der Waals surface area contributed by atoms with E-state index in [1.165, 1.54) is 33.6 Å². The third-order valence-electron chi connectivity index (χ3n) is 5.54. The van der Waals surface area contributed by atoms with Gasteiger partial charge in [-0.2, -0.15) is 4.40 Å². The highest BCUT2D eigenvalue weighted by Crippen LogP contribution is 2.24. The molecule has 0 atom stereocenters. The molecule has 0 radical (unpaired) electrons. The number of hydrogen-bond acceptors (Lipinski definition) is 1. The van der Waals surface area contributed by atoms with Crippen molar-refractivity contribution in [3.05, 3.63) is 101 Å². The number of benzene rings is 2. The molecular formula is C25H27ClN2O. The van der Waals surface area contributed by atoms with Gasteiger partial charge < -0.3 is 17.1 Å². The van der Waals surface area contributed by atoms with Gasteiger partial charge in [-0.05, 0) is 42.7 Å². The monoisotopic (exact) mass is 406 g/mol. The van der Waals surface area contributed by atoms with E-state index in [-0.39, 0.29) is 12.4 Å². The fourth-order valence-electron chi connectivity index (χ4n) is 3.78. The van der Waals surface area contributed by atoms with Gasteiger partial charge in [-0.25, -0.2) is 4.57 Å². The normalized spacial score (nSPS) is 10.8. The highest BCUT2D eigenvalue weighted by molar-refractivity contribution is 5.51. The lowest BCUT2D eigenvalue weighted by molar-refractivity contribution is -0.519. The quantitative estimate of drug-likeness (QED) is 0.464. The van der Waals surface area contributed by atoms with E-state index in [0.717, 1.165) is 17.9 Å². The van der Waals surface area contributed by atoms with E-state index in [1.807, 2.05) is 18.2 Å². The van der Waals surface area contributed by atoms with E-state index in [0.29, 0.717) is 6.61 Å². The van der Waals surface area contributed by atoms with Crippen LogP contribution in [0.4, 0.5) is 0 Å². The number of halogens is 1. The summed E-state index contributed by atoms with van der Waals surface area (Å²) in [6.07, 6.45) is 2.12. The minimum Gasteiger partial charge on any atom is -1.00 e. The molecule has 0 saturated carbocycles. The number of imidazole rings is 1. The lowest BCUT2D eigenvalue weighted by Gasteiger charge is -2.09. The summed E-state index contributed by atoms with van der Waals surface area (Å²) in [4.78, 5) is 0. The van der Waals surface area contributed by atoms with E-state index < -0.39 is 0 Å². The third kappa shape index (κ3) is 4.15. The minimum absolute atomic E-state index is 0. The van der Waals surface area contributed by atoms with Crippen molar-refractivity contribution in [3.8, 4) is 5.75 Å². The second kappa shape index (κ2) is 8.71. The number of pyridine rings is 1. The Labute approximate surface area is 179 Å². The van der Waals surface area contributed by atoms with Gasteiger partial charge in [0.25, 0.3) is 0 Å². The van der Waals surface area contributed by atoms with Gasteiger partial charge in [-0.1, -0.05) is 54.1 Å². The summed E-state index contributed by atoms with van der Waals surface area (Å²) in [5.41, 5.74) is 8.74. The first-order chi connectivity index (χ1) is 13.5. The van der Waals surface area contributed by atoms with Crippen LogP contribution in [0, 0.1) is 27.7 Å². The number of aryl methyl sites for hydroxylation is 3. The van der Waals surface area contributed by atoms with Crippen LogP contribution >= 0.6 is 0 Å². The first-order valence-corrected chi connectivity index (χ1v) is 9.77. The molecule has 0 unspecified atom stereocenters. The molecule has 150 valence electrons. The molecule has 29 heavy (non-hydrogen) atoms. The van der Waals surface area contributed by atoms with Crippen LogP contribution < -0.4 is 21.5 Å². The number of hydrogen-bond donors (Lipinski definition) is 0. The molecule has 2 heterocycles. The molecule has 0 fully saturated rings. The van der Waals surface area contributed by atoms with E-state index in [4.69, 9.17) is 4.74 Å². The van der Waals surface area contributed by atoms with Crippen LogP contribution in [0.1, 0.15) is 33.6 Å². The van der Waals surface area contributed by atoms with Crippen molar-refractivity contribution < 1.29 is 21.5 Å². The molecule has 2 aromatic carbocycles. The number of ether oxygens (including phenoxy) is 1. The average Bonchev–Trinajstić information content (AvgIpc) is 2.94. The highest BCUT2D eigenvalue weighted by atomic mass is 35.5.